The summed E-state index contributed by atoms with van der Waals surface area (Å²) in [4.78, 5) is 29.6. The molecule has 0 saturated heterocycles. The van der Waals surface area contributed by atoms with Gasteiger partial charge in [-0.15, -0.1) is 11.3 Å². The summed E-state index contributed by atoms with van der Waals surface area (Å²) in [7, 11) is 1.81. The van der Waals surface area contributed by atoms with Crippen molar-refractivity contribution in [2.75, 3.05) is 0 Å². The average molecular weight is 260 g/mol. The minimum Gasteiger partial charge on any atom is -0.340 e. The van der Waals surface area contributed by atoms with Gasteiger partial charge in [-0.3, -0.25) is 9.59 Å². The van der Waals surface area contributed by atoms with Gasteiger partial charge in [-0.25, -0.2) is 4.98 Å². The van der Waals surface area contributed by atoms with Crippen molar-refractivity contribution in [3.8, 4) is 0 Å². The Balaban J connectivity index is 1.91. The van der Waals surface area contributed by atoms with E-state index in [2.05, 4.69) is 4.98 Å². The Bertz CT molecular complexity index is 626. The minimum atomic E-state index is -0.554. The molecule has 92 valence electrons. The molecule has 1 aliphatic rings. The molecule has 5 heteroatoms. The van der Waals surface area contributed by atoms with Crippen LogP contribution in [0, 0.1) is 5.92 Å². The van der Waals surface area contributed by atoms with Crippen LogP contribution >= 0.6 is 11.3 Å². The Labute approximate surface area is 108 Å². The maximum absolute atomic E-state index is 12.3. The van der Waals surface area contributed by atoms with E-state index in [1.807, 2.05) is 18.5 Å². The number of imidazole rings is 1. The Hall–Kier alpha value is -1.75. The van der Waals surface area contributed by atoms with Crippen molar-refractivity contribution in [2.24, 2.45) is 13.0 Å². The van der Waals surface area contributed by atoms with Gasteiger partial charge < -0.3 is 4.57 Å². The van der Waals surface area contributed by atoms with Gasteiger partial charge in [-0.05, 0) is 24.3 Å². The normalized spacial score (nSPS) is 18.7. The van der Waals surface area contributed by atoms with Crippen molar-refractivity contribution in [3.05, 3.63) is 40.1 Å². The van der Waals surface area contributed by atoms with Crippen LogP contribution in [0.3, 0.4) is 0 Å². The molecule has 1 aliphatic carbocycles. The highest BCUT2D eigenvalue weighted by Crippen LogP contribution is 2.31. The van der Waals surface area contributed by atoms with E-state index >= 15 is 0 Å². The first-order valence-corrected chi connectivity index (χ1v) is 6.67. The van der Waals surface area contributed by atoms with Crippen LogP contribution in [0.1, 0.15) is 32.1 Å². The fraction of sp³-hybridized carbons (Fsp3) is 0.308. The van der Waals surface area contributed by atoms with Crippen LogP contribution in [-0.4, -0.2) is 21.1 Å². The van der Waals surface area contributed by atoms with Crippen LogP contribution in [0.15, 0.2) is 24.0 Å². The van der Waals surface area contributed by atoms with Gasteiger partial charge >= 0.3 is 0 Å². The monoisotopic (exact) mass is 260 g/mol. The first-order valence-electron chi connectivity index (χ1n) is 5.79. The van der Waals surface area contributed by atoms with E-state index in [1.165, 1.54) is 0 Å². The molecule has 0 saturated carbocycles. The number of rotatable bonds is 2. The molecule has 0 bridgehead atoms. The number of carbonyl (C=O) groups is 2. The molecule has 4 nitrogen and oxygen atoms in total. The minimum absolute atomic E-state index is 0.0480. The summed E-state index contributed by atoms with van der Waals surface area (Å²) in [6, 6.07) is 1.82. The number of nitrogens with zero attached hydrogens (tertiary/aromatic N) is 2. The van der Waals surface area contributed by atoms with E-state index in [0.29, 0.717) is 12.1 Å². The largest absolute Gasteiger partial charge is 0.340 e. The van der Waals surface area contributed by atoms with Crippen molar-refractivity contribution in [2.45, 2.75) is 12.8 Å². The Morgan fingerprint density at radius 3 is 3.11 bits per heavy atom. The summed E-state index contributed by atoms with van der Waals surface area (Å²) in [6.45, 7) is 0. The van der Waals surface area contributed by atoms with E-state index in [-0.39, 0.29) is 11.6 Å². The van der Waals surface area contributed by atoms with Gasteiger partial charge in [-0.1, -0.05) is 0 Å². The van der Waals surface area contributed by atoms with Gasteiger partial charge in [0.1, 0.15) is 5.69 Å². The molecular formula is C13H12N2O2S. The van der Waals surface area contributed by atoms with Gasteiger partial charge in [0.2, 0.25) is 0 Å². The van der Waals surface area contributed by atoms with Crippen molar-refractivity contribution in [1.82, 2.24) is 9.55 Å². The molecule has 0 N–H and O–H groups in total. The third-order valence-electron chi connectivity index (χ3n) is 3.26. The second-order valence-electron chi connectivity index (χ2n) is 4.50. The number of ketones is 2. The second kappa shape index (κ2) is 4.17. The summed E-state index contributed by atoms with van der Waals surface area (Å²) < 4.78 is 1.72. The van der Waals surface area contributed by atoms with E-state index in [9.17, 15) is 9.59 Å². The molecule has 0 aliphatic heterocycles. The van der Waals surface area contributed by atoms with Gasteiger partial charge in [0.15, 0.2) is 11.6 Å². The fourth-order valence-corrected chi connectivity index (χ4v) is 3.22. The Morgan fingerprint density at radius 2 is 2.39 bits per heavy atom. The summed E-state index contributed by atoms with van der Waals surface area (Å²) in [6.07, 6.45) is 4.65. The third-order valence-corrected chi connectivity index (χ3v) is 4.24. The van der Waals surface area contributed by atoms with E-state index < -0.39 is 5.92 Å². The van der Waals surface area contributed by atoms with Crippen molar-refractivity contribution in [3.63, 3.8) is 0 Å². The summed E-state index contributed by atoms with van der Waals surface area (Å²) in [5.74, 6) is -0.757. The second-order valence-corrected chi connectivity index (χ2v) is 5.50. The van der Waals surface area contributed by atoms with E-state index in [1.54, 1.807) is 28.4 Å². The first kappa shape index (κ1) is 11.3. The molecule has 1 atom stereocenters. The molecular weight excluding hydrogens is 248 g/mol. The zero-order valence-electron chi connectivity index (χ0n) is 9.92. The number of aryl methyl sites for hydroxylation is 2. The van der Waals surface area contributed by atoms with Gasteiger partial charge in [-0.2, -0.15) is 0 Å². The topological polar surface area (TPSA) is 52.0 Å². The molecule has 0 fully saturated rings. The number of aromatic nitrogens is 2. The first-order chi connectivity index (χ1) is 8.66. The highest BCUT2D eigenvalue weighted by Gasteiger charge is 2.34. The van der Waals surface area contributed by atoms with E-state index in [4.69, 9.17) is 0 Å². The van der Waals surface area contributed by atoms with Crippen LogP contribution in [0.2, 0.25) is 0 Å². The number of carbonyl (C=O) groups excluding carboxylic acids is 2. The predicted octanol–water partition coefficient (Wildman–Crippen LogP) is 2.11. The molecule has 1 unspecified atom stereocenters. The number of thiophene rings is 1. The summed E-state index contributed by atoms with van der Waals surface area (Å²) in [5.41, 5.74) is 1.11. The lowest BCUT2D eigenvalue weighted by Crippen LogP contribution is -2.28. The number of hydrogen-bond acceptors (Lipinski definition) is 4. The molecule has 0 radical (unpaired) electrons. The predicted molar refractivity (Wildman–Crippen MR) is 68.0 cm³/mol. The van der Waals surface area contributed by atoms with Crippen LogP contribution in [-0.2, 0) is 13.5 Å². The molecule has 18 heavy (non-hydrogen) atoms. The summed E-state index contributed by atoms with van der Waals surface area (Å²) >= 11 is 1.59. The molecule has 2 aromatic rings. The molecule has 0 amide bonds. The van der Waals surface area contributed by atoms with Crippen LogP contribution in [0.5, 0.6) is 0 Å². The van der Waals surface area contributed by atoms with Crippen LogP contribution in [0.25, 0.3) is 0 Å². The van der Waals surface area contributed by atoms with Crippen LogP contribution < -0.4 is 0 Å². The fourth-order valence-electron chi connectivity index (χ4n) is 2.32. The maximum atomic E-state index is 12.3. The third kappa shape index (κ3) is 1.71. The lowest BCUT2D eigenvalue weighted by molar-refractivity contribution is 0.0789. The molecule has 2 aromatic heterocycles. The maximum Gasteiger partial charge on any atom is 0.193 e. The highest BCUT2D eigenvalue weighted by atomic mass is 32.1. The molecule has 3 rings (SSSR count). The van der Waals surface area contributed by atoms with Crippen molar-refractivity contribution < 1.29 is 9.59 Å². The average Bonchev–Trinajstić information content (AvgIpc) is 2.97. The SMILES string of the molecule is Cn1cnc(C(=O)C2CCc3sccc3C2=O)c1. The summed E-state index contributed by atoms with van der Waals surface area (Å²) in [5, 5.41) is 1.91. The molecule has 2 heterocycles. The van der Waals surface area contributed by atoms with E-state index in [0.717, 1.165) is 16.9 Å². The van der Waals surface area contributed by atoms with Gasteiger partial charge in [0.25, 0.3) is 0 Å². The lowest BCUT2D eigenvalue weighted by atomic mass is 9.83. The van der Waals surface area contributed by atoms with Gasteiger partial charge in [0, 0.05) is 23.7 Å². The highest BCUT2D eigenvalue weighted by molar-refractivity contribution is 7.10. The number of hydrogen-bond donors (Lipinski definition) is 0. The zero-order valence-corrected chi connectivity index (χ0v) is 10.7. The Morgan fingerprint density at radius 1 is 1.56 bits per heavy atom. The number of fused-ring (bicyclic) bond motifs is 1. The van der Waals surface area contributed by atoms with Gasteiger partial charge in [0.05, 0.1) is 12.2 Å². The number of Topliss-reactive ketones (excluding diaryl/α,β-unsaturated/α-hetero) is 2. The Kier molecular flexibility index (Phi) is 2.63. The zero-order chi connectivity index (χ0) is 12.7. The van der Waals surface area contributed by atoms with Crippen molar-refractivity contribution in [1.29, 1.82) is 0 Å². The standard InChI is InChI=1S/C13H12N2O2S/c1-15-6-10(14-7-15)13(17)9-2-3-11-8(12(9)16)4-5-18-11/h4-7,9H,2-3H2,1H3. The van der Waals surface area contributed by atoms with Crippen molar-refractivity contribution >= 4 is 22.9 Å². The quantitative estimate of drug-likeness (QED) is 0.614. The van der Waals surface area contributed by atoms with Crippen LogP contribution in [0.4, 0.5) is 0 Å². The molecule has 0 aromatic carbocycles. The smallest absolute Gasteiger partial charge is 0.193 e. The molecule has 0 spiro atoms. The lowest BCUT2D eigenvalue weighted by Gasteiger charge is -2.18.